The number of benzene rings is 1. The van der Waals surface area contributed by atoms with Gasteiger partial charge in [0, 0.05) is 12.1 Å². The minimum Gasteiger partial charge on any atom is -0.493 e. The molecule has 2 fully saturated rings. The number of hydrogen-bond donors (Lipinski definition) is 1. The molecule has 0 saturated carbocycles. The fraction of sp³-hybridized carbons (Fsp3) is 0.647. The zero-order valence-electron chi connectivity index (χ0n) is 12.9. The fourth-order valence-corrected chi connectivity index (χ4v) is 3.88. The molecule has 4 heteroatoms. The molecule has 3 atom stereocenters. The standard InChI is InChI=1S/C17H25NO3/c1-20-16-7-6-12(9-17(16)21-2)15-11-14(19)10-13-5-3-4-8-18(13)15/h6-7,9,13-15,19H,3-5,8,10-11H2,1-2H3/t13-,14+,15+/m0/s1. The lowest BCUT2D eigenvalue weighted by molar-refractivity contribution is -0.0180. The summed E-state index contributed by atoms with van der Waals surface area (Å²) in [5.41, 5.74) is 1.22. The largest absolute Gasteiger partial charge is 0.493 e. The van der Waals surface area contributed by atoms with Crippen LogP contribution in [0, 0.1) is 0 Å². The molecule has 1 aromatic rings. The van der Waals surface area contributed by atoms with Crippen molar-refractivity contribution in [2.24, 2.45) is 0 Å². The highest BCUT2D eigenvalue weighted by Crippen LogP contribution is 2.40. The highest BCUT2D eigenvalue weighted by atomic mass is 16.5. The number of ether oxygens (including phenoxy) is 2. The summed E-state index contributed by atoms with van der Waals surface area (Å²) in [5.74, 6) is 1.52. The maximum absolute atomic E-state index is 10.2. The van der Waals surface area contributed by atoms with Crippen molar-refractivity contribution in [1.82, 2.24) is 4.90 Å². The van der Waals surface area contributed by atoms with Gasteiger partial charge in [-0.2, -0.15) is 0 Å². The van der Waals surface area contributed by atoms with Gasteiger partial charge in [-0.05, 0) is 49.9 Å². The van der Waals surface area contributed by atoms with E-state index in [9.17, 15) is 5.11 Å². The van der Waals surface area contributed by atoms with Crippen LogP contribution in [0.15, 0.2) is 18.2 Å². The second-order valence-corrected chi connectivity index (χ2v) is 6.14. The van der Waals surface area contributed by atoms with Crippen LogP contribution in [0.25, 0.3) is 0 Å². The van der Waals surface area contributed by atoms with Gasteiger partial charge < -0.3 is 14.6 Å². The third-order valence-corrected chi connectivity index (χ3v) is 4.90. The first-order chi connectivity index (χ1) is 10.2. The number of aliphatic hydroxyl groups excluding tert-OH is 1. The number of aliphatic hydroxyl groups is 1. The Morgan fingerprint density at radius 2 is 1.90 bits per heavy atom. The van der Waals surface area contributed by atoms with Crippen molar-refractivity contribution in [3.05, 3.63) is 23.8 Å². The van der Waals surface area contributed by atoms with Crippen molar-refractivity contribution in [2.45, 2.75) is 50.3 Å². The number of piperidine rings is 2. The van der Waals surface area contributed by atoms with Crippen molar-refractivity contribution in [1.29, 1.82) is 0 Å². The second-order valence-electron chi connectivity index (χ2n) is 6.14. The van der Waals surface area contributed by atoms with E-state index in [1.165, 1.54) is 24.8 Å². The summed E-state index contributed by atoms with van der Waals surface area (Å²) >= 11 is 0. The third-order valence-electron chi connectivity index (χ3n) is 4.90. The number of fused-ring (bicyclic) bond motifs is 1. The summed E-state index contributed by atoms with van der Waals surface area (Å²) < 4.78 is 10.7. The van der Waals surface area contributed by atoms with Gasteiger partial charge in [0.15, 0.2) is 11.5 Å². The normalized spacial score (nSPS) is 29.8. The van der Waals surface area contributed by atoms with E-state index in [0.717, 1.165) is 30.9 Å². The molecule has 0 radical (unpaired) electrons. The maximum Gasteiger partial charge on any atom is 0.161 e. The van der Waals surface area contributed by atoms with Gasteiger partial charge >= 0.3 is 0 Å². The minimum atomic E-state index is -0.192. The van der Waals surface area contributed by atoms with E-state index in [4.69, 9.17) is 9.47 Å². The molecule has 0 spiro atoms. The Morgan fingerprint density at radius 3 is 2.67 bits per heavy atom. The maximum atomic E-state index is 10.2. The topological polar surface area (TPSA) is 41.9 Å². The second kappa shape index (κ2) is 6.24. The summed E-state index contributed by atoms with van der Waals surface area (Å²) in [6.45, 7) is 1.14. The van der Waals surface area contributed by atoms with Crippen LogP contribution in [-0.2, 0) is 0 Å². The summed E-state index contributed by atoms with van der Waals surface area (Å²) in [5, 5.41) is 10.2. The average molecular weight is 291 g/mol. The first-order valence-electron chi connectivity index (χ1n) is 7.88. The molecule has 1 aromatic carbocycles. The number of methoxy groups -OCH3 is 2. The smallest absolute Gasteiger partial charge is 0.161 e. The van der Waals surface area contributed by atoms with Crippen molar-refractivity contribution in [3.8, 4) is 11.5 Å². The Labute approximate surface area is 126 Å². The molecule has 4 nitrogen and oxygen atoms in total. The lowest BCUT2D eigenvalue weighted by Gasteiger charge is -2.47. The summed E-state index contributed by atoms with van der Waals surface area (Å²) in [6.07, 6.45) is 5.29. The molecule has 0 aromatic heterocycles. The highest BCUT2D eigenvalue weighted by Gasteiger charge is 2.37. The predicted octanol–water partition coefficient (Wildman–Crippen LogP) is 2.75. The van der Waals surface area contributed by atoms with Crippen LogP contribution < -0.4 is 9.47 Å². The van der Waals surface area contributed by atoms with Gasteiger partial charge in [0.25, 0.3) is 0 Å². The zero-order valence-corrected chi connectivity index (χ0v) is 12.9. The van der Waals surface area contributed by atoms with Crippen LogP contribution in [0.3, 0.4) is 0 Å². The molecule has 1 N–H and O–H groups in total. The van der Waals surface area contributed by atoms with Crippen LogP contribution >= 0.6 is 0 Å². The molecule has 0 bridgehead atoms. The molecule has 0 amide bonds. The molecular formula is C17H25NO3. The summed E-state index contributed by atoms with van der Waals surface area (Å²) in [4.78, 5) is 2.58. The Kier molecular flexibility index (Phi) is 4.36. The van der Waals surface area contributed by atoms with Gasteiger partial charge in [0.05, 0.1) is 20.3 Å². The molecule has 21 heavy (non-hydrogen) atoms. The SMILES string of the molecule is COc1ccc([C@H]2C[C@H](O)C[C@@H]3CCCCN32)cc1OC. The lowest BCUT2D eigenvalue weighted by Crippen LogP contribution is -2.48. The first kappa shape index (κ1) is 14.7. The van der Waals surface area contributed by atoms with Crippen LogP contribution in [0.5, 0.6) is 11.5 Å². The van der Waals surface area contributed by atoms with Crippen molar-refractivity contribution >= 4 is 0 Å². The van der Waals surface area contributed by atoms with Gasteiger partial charge in [0.2, 0.25) is 0 Å². The van der Waals surface area contributed by atoms with E-state index >= 15 is 0 Å². The Balaban J connectivity index is 1.89. The van der Waals surface area contributed by atoms with Crippen molar-refractivity contribution in [3.63, 3.8) is 0 Å². The third kappa shape index (κ3) is 2.87. The van der Waals surface area contributed by atoms with E-state index in [2.05, 4.69) is 17.0 Å². The Bertz CT molecular complexity index is 491. The van der Waals surface area contributed by atoms with Gasteiger partial charge in [-0.15, -0.1) is 0 Å². The Hall–Kier alpha value is -1.26. The molecule has 0 unspecified atom stereocenters. The minimum absolute atomic E-state index is 0.192. The predicted molar refractivity (Wildman–Crippen MR) is 81.9 cm³/mol. The van der Waals surface area contributed by atoms with Crippen molar-refractivity contribution < 1.29 is 14.6 Å². The van der Waals surface area contributed by atoms with Gasteiger partial charge in [0.1, 0.15) is 0 Å². The van der Waals surface area contributed by atoms with E-state index in [-0.39, 0.29) is 6.10 Å². The average Bonchev–Trinajstić information content (AvgIpc) is 2.53. The molecule has 3 rings (SSSR count). The van der Waals surface area contributed by atoms with Gasteiger partial charge in [-0.3, -0.25) is 4.90 Å². The van der Waals surface area contributed by atoms with E-state index < -0.39 is 0 Å². The molecular weight excluding hydrogens is 266 g/mol. The van der Waals surface area contributed by atoms with E-state index in [1.807, 2.05) is 6.07 Å². The van der Waals surface area contributed by atoms with Crippen LogP contribution in [0.2, 0.25) is 0 Å². The summed E-state index contributed by atoms with van der Waals surface area (Å²) in [7, 11) is 3.32. The molecule has 2 aliphatic heterocycles. The quantitative estimate of drug-likeness (QED) is 0.930. The van der Waals surface area contributed by atoms with Crippen LogP contribution in [0.4, 0.5) is 0 Å². The van der Waals surface area contributed by atoms with Gasteiger partial charge in [-0.1, -0.05) is 12.5 Å². The molecule has 2 saturated heterocycles. The van der Waals surface area contributed by atoms with Crippen molar-refractivity contribution in [2.75, 3.05) is 20.8 Å². The molecule has 2 heterocycles. The number of rotatable bonds is 3. The first-order valence-corrected chi connectivity index (χ1v) is 7.88. The van der Waals surface area contributed by atoms with Gasteiger partial charge in [-0.25, -0.2) is 0 Å². The molecule has 116 valence electrons. The van der Waals surface area contributed by atoms with Crippen LogP contribution in [-0.4, -0.2) is 42.9 Å². The fourth-order valence-electron chi connectivity index (χ4n) is 3.88. The zero-order chi connectivity index (χ0) is 14.8. The van der Waals surface area contributed by atoms with E-state index in [1.54, 1.807) is 14.2 Å². The summed E-state index contributed by atoms with van der Waals surface area (Å²) in [6, 6.07) is 6.95. The Morgan fingerprint density at radius 1 is 1.10 bits per heavy atom. The number of nitrogens with zero attached hydrogens (tertiary/aromatic N) is 1. The lowest BCUT2D eigenvalue weighted by atomic mass is 9.84. The number of hydrogen-bond acceptors (Lipinski definition) is 4. The highest BCUT2D eigenvalue weighted by molar-refractivity contribution is 5.44. The van der Waals surface area contributed by atoms with Crippen LogP contribution in [0.1, 0.15) is 43.7 Å². The van der Waals surface area contributed by atoms with E-state index in [0.29, 0.717) is 12.1 Å². The molecule has 2 aliphatic rings. The molecule has 0 aliphatic carbocycles. The monoisotopic (exact) mass is 291 g/mol.